The molecule has 1 fully saturated rings. The molecule has 0 aliphatic heterocycles. The summed E-state index contributed by atoms with van der Waals surface area (Å²) in [4.78, 5) is 2.67. The fourth-order valence-corrected chi connectivity index (χ4v) is 3.61. The smallest absolute Gasteiger partial charge is 0.0446 e. The summed E-state index contributed by atoms with van der Waals surface area (Å²) in [6.45, 7) is 6.84. The molecule has 2 rings (SSSR count). The largest absolute Gasteiger partial charge is 0.312 e. The molecule has 0 heterocycles. The van der Waals surface area contributed by atoms with E-state index in [2.05, 4.69) is 55.4 Å². The lowest BCUT2D eigenvalue weighted by molar-refractivity contribution is 0.189. The highest BCUT2D eigenvalue weighted by atomic mass is 15.2. The Hall–Kier alpha value is -0.860. The van der Waals surface area contributed by atoms with Gasteiger partial charge in [0.1, 0.15) is 0 Å². The number of likely N-dealkylation sites (N-methyl/N-ethyl adjacent to an activating group) is 2. The Labute approximate surface area is 130 Å². The van der Waals surface area contributed by atoms with Crippen molar-refractivity contribution in [2.45, 2.75) is 64.5 Å². The first-order valence-electron chi connectivity index (χ1n) is 8.78. The third-order valence-electron chi connectivity index (χ3n) is 4.93. The van der Waals surface area contributed by atoms with Gasteiger partial charge in [-0.05, 0) is 44.0 Å². The molecule has 21 heavy (non-hydrogen) atoms. The van der Waals surface area contributed by atoms with E-state index in [1.807, 2.05) is 0 Å². The molecule has 1 aliphatic rings. The van der Waals surface area contributed by atoms with Gasteiger partial charge in [-0.2, -0.15) is 0 Å². The summed E-state index contributed by atoms with van der Waals surface area (Å²) in [5, 5.41) is 3.52. The van der Waals surface area contributed by atoms with Crippen molar-refractivity contribution in [1.82, 2.24) is 10.2 Å². The van der Waals surface area contributed by atoms with E-state index in [0.717, 1.165) is 19.1 Å². The van der Waals surface area contributed by atoms with Gasteiger partial charge in [-0.25, -0.2) is 0 Å². The molecular weight excluding hydrogens is 256 g/mol. The van der Waals surface area contributed by atoms with Crippen LogP contribution in [0, 0.1) is 0 Å². The quantitative estimate of drug-likeness (QED) is 0.772. The van der Waals surface area contributed by atoms with Gasteiger partial charge >= 0.3 is 0 Å². The minimum absolute atomic E-state index is 0.446. The molecule has 2 nitrogen and oxygen atoms in total. The summed E-state index contributed by atoms with van der Waals surface area (Å²) >= 11 is 0. The first-order chi connectivity index (χ1) is 10.3. The molecule has 0 saturated heterocycles. The number of nitrogens with one attached hydrogen (secondary N) is 1. The molecule has 0 bridgehead atoms. The molecular formula is C19H32N2. The van der Waals surface area contributed by atoms with Crippen molar-refractivity contribution in [3.63, 3.8) is 0 Å². The maximum atomic E-state index is 3.52. The number of hydrogen-bond acceptors (Lipinski definition) is 2. The Balaban J connectivity index is 2.00. The van der Waals surface area contributed by atoms with Crippen molar-refractivity contribution < 1.29 is 0 Å². The van der Waals surface area contributed by atoms with Gasteiger partial charge in [0.15, 0.2) is 0 Å². The normalized spacial score (nSPS) is 17.5. The molecule has 1 atom stereocenters. The van der Waals surface area contributed by atoms with Gasteiger partial charge in [0, 0.05) is 18.6 Å². The third-order valence-corrected chi connectivity index (χ3v) is 4.93. The average Bonchev–Trinajstić information content (AvgIpc) is 3.04. The van der Waals surface area contributed by atoms with Gasteiger partial charge in [0.05, 0.1) is 0 Å². The minimum atomic E-state index is 0.446. The highest BCUT2D eigenvalue weighted by molar-refractivity contribution is 5.25. The maximum Gasteiger partial charge on any atom is 0.0446 e. The van der Waals surface area contributed by atoms with Crippen LogP contribution in [0.1, 0.15) is 63.1 Å². The molecule has 1 aromatic carbocycles. The molecule has 0 amide bonds. The Morgan fingerprint density at radius 1 is 1.14 bits per heavy atom. The van der Waals surface area contributed by atoms with Crippen LogP contribution in [-0.2, 0) is 6.42 Å². The number of benzene rings is 1. The van der Waals surface area contributed by atoms with Crippen LogP contribution in [0.2, 0.25) is 0 Å². The van der Waals surface area contributed by atoms with Crippen LogP contribution < -0.4 is 5.32 Å². The van der Waals surface area contributed by atoms with Crippen molar-refractivity contribution in [2.75, 3.05) is 20.1 Å². The Kier molecular flexibility index (Phi) is 6.72. The monoisotopic (exact) mass is 288 g/mol. The number of hydrogen-bond donors (Lipinski definition) is 1. The van der Waals surface area contributed by atoms with E-state index in [-0.39, 0.29) is 0 Å². The maximum absolute atomic E-state index is 3.52. The van der Waals surface area contributed by atoms with Gasteiger partial charge in [-0.15, -0.1) is 0 Å². The van der Waals surface area contributed by atoms with Crippen LogP contribution in [0.4, 0.5) is 0 Å². The van der Waals surface area contributed by atoms with Crippen molar-refractivity contribution in [3.8, 4) is 0 Å². The van der Waals surface area contributed by atoms with E-state index in [1.54, 1.807) is 0 Å². The highest BCUT2D eigenvalue weighted by Gasteiger charge is 2.23. The predicted molar refractivity (Wildman–Crippen MR) is 91.7 cm³/mol. The molecule has 1 saturated carbocycles. The zero-order chi connectivity index (χ0) is 15.1. The summed E-state index contributed by atoms with van der Waals surface area (Å²) in [6, 6.07) is 10.5. The van der Waals surface area contributed by atoms with Gasteiger partial charge in [-0.3, -0.25) is 4.90 Å². The van der Waals surface area contributed by atoms with Crippen LogP contribution in [0.15, 0.2) is 24.3 Å². The third kappa shape index (κ3) is 4.55. The molecule has 2 heteroatoms. The lowest BCUT2D eigenvalue weighted by Crippen LogP contribution is -2.39. The topological polar surface area (TPSA) is 15.3 Å². The molecule has 0 aromatic heterocycles. The van der Waals surface area contributed by atoms with Crippen LogP contribution >= 0.6 is 0 Å². The molecule has 1 aliphatic carbocycles. The van der Waals surface area contributed by atoms with Crippen molar-refractivity contribution in [2.24, 2.45) is 0 Å². The predicted octanol–water partition coefficient (Wildman–Crippen LogP) is 4.16. The Bertz CT molecular complexity index is 393. The first kappa shape index (κ1) is 16.5. The minimum Gasteiger partial charge on any atom is -0.312 e. The van der Waals surface area contributed by atoms with Crippen LogP contribution in [0.3, 0.4) is 0 Å². The van der Waals surface area contributed by atoms with E-state index in [4.69, 9.17) is 0 Å². The molecule has 1 aromatic rings. The van der Waals surface area contributed by atoms with Crippen LogP contribution in [0.25, 0.3) is 0 Å². The summed E-state index contributed by atoms with van der Waals surface area (Å²) in [7, 11) is 2.09. The lowest BCUT2D eigenvalue weighted by atomic mass is 10.0. The zero-order valence-electron chi connectivity index (χ0n) is 14.1. The van der Waals surface area contributed by atoms with Crippen molar-refractivity contribution in [1.29, 1.82) is 0 Å². The molecule has 1 unspecified atom stereocenters. The fraction of sp³-hybridized carbons (Fsp3) is 0.684. The Morgan fingerprint density at radius 2 is 1.81 bits per heavy atom. The standard InChI is InChI=1S/C19H32N2/c1-4-8-16-11-13-17(14-12-16)19(20-3)15-21(5-2)18-9-6-7-10-18/h11-14,18-20H,4-10,15H2,1-3H3. The lowest BCUT2D eigenvalue weighted by Gasteiger charge is -2.31. The molecule has 0 spiro atoms. The van der Waals surface area contributed by atoms with Gasteiger partial charge in [0.25, 0.3) is 0 Å². The highest BCUT2D eigenvalue weighted by Crippen LogP contribution is 2.25. The zero-order valence-corrected chi connectivity index (χ0v) is 14.1. The number of aryl methyl sites for hydroxylation is 1. The molecule has 1 N–H and O–H groups in total. The van der Waals surface area contributed by atoms with Crippen LogP contribution in [0.5, 0.6) is 0 Å². The van der Waals surface area contributed by atoms with Gasteiger partial charge in [-0.1, -0.05) is 57.4 Å². The summed E-state index contributed by atoms with van der Waals surface area (Å²) in [6.07, 6.45) is 8.02. The summed E-state index contributed by atoms with van der Waals surface area (Å²) in [5.41, 5.74) is 2.88. The van der Waals surface area contributed by atoms with E-state index >= 15 is 0 Å². The molecule has 118 valence electrons. The second-order valence-corrected chi connectivity index (χ2v) is 6.36. The molecule has 0 radical (unpaired) electrons. The number of rotatable bonds is 8. The van der Waals surface area contributed by atoms with E-state index < -0.39 is 0 Å². The van der Waals surface area contributed by atoms with E-state index in [0.29, 0.717) is 6.04 Å². The second kappa shape index (κ2) is 8.55. The average molecular weight is 288 g/mol. The van der Waals surface area contributed by atoms with Gasteiger partial charge in [0.2, 0.25) is 0 Å². The Morgan fingerprint density at radius 3 is 2.33 bits per heavy atom. The van der Waals surface area contributed by atoms with E-state index in [1.165, 1.54) is 49.7 Å². The van der Waals surface area contributed by atoms with Crippen LogP contribution in [-0.4, -0.2) is 31.1 Å². The van der Waals surface area contributed by atoms with E-state index in [9.17, 15) is 0 Å². The summed E-state index contributed by atoms with van der Waals surface area (Å²) < 4.78 is 0. The second-order valence-electron chi connectivity index (χ2n) is 6.36. The number of nitrogens with zero attached hydrogens (tertiary/aromatic N) is 1. The van der Waals surface area contributed by atoms with Crippen molar-refractivity contribution >= 4 is 0 Å². The first-order valence-corrected chi connectivity index (χ1v) is 8.78. The summed E-state index contributed by atoms with van der Waals surface area (Å²) in [5.74, 6) is 0. The van der Waals surface area contributed by atoms with Gasteiger partial charge < -0.3 is 5.32 Å². The fourth-order valence-electron chi connectivity index (χ4n) is 3.61. The SMILES string of the molecule is CCCc1ccc(C(CN(CC)C2CCCC2)NC)cc1. The van der Waals surface area contributed by atoms with Crippen molar-refractivity contribution in [3.05, 3.63) is 35.4 Å².